The number of aliphatic hydroxyl groups is 1. The Morgan fingerprint density at radius 2 is 1.80 bits per heavy atom. The van der Waals surface area contributed by atoms with E-state index in [1.807, 2.05) is 23.1 Å². The summed E-state index contributed by atoms with van der Waals surface area (Å²) in [5, 5.41) is 19.6. The number of hydrogen-bond acceptors (Lipinski definition) is 4. The van der Waals surface area contributed by atoms with E-state index in [1.165, 1.54) is 0 Å². The lowest BCUT2D eigenvalue weighted by Gasteiger charge is -2.25. The molecule has 3 rings (SSSR count). The van der Waals surface area contributed by atoms with E-state index in [2.05, 4.69) is 0 Å². The molecule has 1 aliphatic heterocycles. The molecule has 2 aliphatic rings. The molecule has 1 aromatic rings. The van der Waals surface area contributed by atoms with Crippen LogP contribution in [0.15, 0.2) is 36.4 Å². The van der Waals surface area contributed by atoms with Gasteiger partial charge in [-0.05, 0) is 24.5 Å². The second-order valence-electron chi connectivity index (χ2n) is 6.78. The average molecular weight is 344 g/mol. The topological polar surface area (TPSA) is 81.1 Å². The zero-order valence-electron chi connectivity index (χ0n) is 14.2. The van der Waals surface area contributed by atoms with E-state index in [4.69, 9.17) is 0 Å². The number of carbonyl (C=O) groups excluding carboxylic acids is 1. The van der Waals surface area contributed by atoms with Gasteiger partial charge in [0.15, 0.2) is 0 Å². The molecule has 0 spiro atoms. The minimum absolute atomic E-state index is 0.00601. The van der Waals surface area contributed by atoms with Crippen LogP contribution < -0.4 is 0 Å². The van der Waals surface area contributed by atoms with Crippen molar-refractivity contribution < 1.29 is 19.8 Å². The lowest BCUT2D eigenvalue weighted by Crippen LogP contribution is -2.40. The van der Waals surface area contributed by atoms with Gasteiger partial charge in [-0.1, -0.05) is 30.4 Å². The van der Waals surface area contributed by atoms with Gasteiger partial charge in [-0.3, -0.25) is 9.69 Å². The van der Waals surface area contributed by atoms with Gasteiger partial charge < -0.3 is 15.1 Å². The third-order valence-electron chi connectivity index (χ3n) is 4.90. The van der Waals surface area contributed by atoms with Gasteiger partial charge in [0, 0.05) is 38.6 Å². The molecule has 1 aliphatic carbocycles. The SMILES string of the molecule is O=C(O)c1ccccc1CN1CCN(C(=O)C2CC=CC2)C[C@H](O)C1. The van der Waals surface area contributed by atoms with Crippen LogP contribution in [0, 0.1) is 5.92 Å². The fraction of sp³-hybridized carbons (Fsp3) is 0.474. The van der Waals surface area contributed by atoms with Crippen LogP contribution in [0.2, 0.25) is 0 Å². The summed E-state index contributed by atoms with van der Waals surface area (Å²) in [4.78, 5) is 27.7. The Morgan fingerprint density at radius 1 is 1.08 bits per heavy atom. The van der Waals surface area contributed by atoms with Crippen LogP contribution in [0.4, 0.5) is 0 Å². The largest absolute Gasteiger partial charge is 0.478 e. The highest BCUT2D eigenvalue weighted by Gasteiger charge is 2.29. The number of carboxylic acids is 1. The van der Waals surface area contributed by atoms with Crippen molar-refractivity contribution in [3.05, 3.63) is 47.5 Å². The number of nitrogens with zero attached hydrogens (tertiary/aromatic N) is 2. The minimum atomic E-state index is -0.948. The Hall–Kier alpha value is -2.18. The number of benzene rings is 1. The summed E-state index contributed by atoms with van der Waals surface area (Å²) >= 11 is 0. The second kappa shape index (κ2) is 7.80. The maximum absolute atomic E-state index is 12.6. The van der Waals surface area contributed by atoms with Gasteiger partial charge in [0.05, 0.1) is 11.7 Å². The molecular weight excluding hydrogens is 320 g/mol. The predicted octanol–water partition coefficient (Wildman–Crippen LogP) is 1.36. The molecule has 25 heavy (non-hydrogen) atoms. The first-order valence-electron chi connectivity index (χ1n) is 8.70. The summed E-state index contributed by atoms with van der Waals surface area (Å²) in [6.45, 7) is 2.40. The number of aliphatic hydroxyl groups excluding tert-OH is 1. The summed E-state index contributed by atoms with van der Waals surface area (Å²) in [6.07, 6.45) is 5.00. The number of rotatable bonds is 4. The summed E-state index contributed by atoms with van der Waals surface area (Å²) < 4.78 is 0. The Morgan fingerprint density at radius 3 is 2.52 bits per heavy atom. The van der Waals surface area contributed by atoms with Crippen molar-refractivity contribution in [3.63, 3.8) is 0 Å². The van der Waals surface area contributed by atoms with Crippen molar-refractivity contribution in [2.45, 2.75) is 25.5 Å². The number of allylic oxidation sites excluding steroid dienone is 2. The molecule has 1 aromatic carbocycles. The summed E-state index contributed by atoms with van der Waals surface area (Å²) in [5.74, 6) is -0.833. The number of carboxylic acid groups (broad SMARTS) is 1. The molecule has 2 N–H and O–H groups in total. The fourth-order valence-electron chi connectivity index (χ4n) is 3.58. The van der Waals surface area contributed by atoms with Gasteiger partial charge in [-0.25, -0.2) is 4.79 Å². The maximum Gasteiger partial charge on any atom is 0.336 e. The molecule has 1 fully saturated rings. The van der Waals surface area contributed by atoms with E-state index in [0.717, 1.165) is 18.4 Å². The van der Waals surface area contributed by atoms with Gasteiger partial charge in [-0.15, -0.1) is 0 Å². The molecule has 0 saturated carbocycles. The van der Waals surface area contributed by atoms with Crippen molar-refractivity contribution in [2.24, 2.45) is 5.92 Å². The zero-order chi connectivity index (χ0) is 17.8. The van der Waals surface area contributed by atoms with E-state index in [-0.39, 0.29) is 17.4 Å². The average Bonchev–Trinajstić information content (AvgIpc) is 3.06. The highest BCUT2D eigenvalue weighted by Crippen LogP contribution is 2.21. The van der Waals surface area contributed by atoms with E-state index in [0.29, 0.717) is 32.7 Å². The van der Waals surface area contributed by atoms with Crippen molar-refractivity contribution in [1.29, 1.82) is 0 Å². The number of hydrogen-bond donors (Lipinski definition) is 2. The summed E-state index contributed by atoms with van der Waals surface area (Å²) in [7, 11) is 0. The smallest absolute Gasteiger partial charge is 0.336 e. The number of carbonyl (C=O) groups is 2. The van der Waals surface area contributed by atoms with Crippen LogP contribution in [0.3, 0.4) is 0 Å². The molecule has 6 heteroatoms. The molecule has 0 unspecified atom stereocenters. The van der Waals surface area contributed by atoms with Gasteiger partial charge in [0.2, 0.25) is 5.91 Å². The third kappa shape index (κ3) is 4.27. The molecule has 0 bridgehead atoms. The molecule has 134 valence electrons. The summed E-state index contributed by atoms with van der Waals surface area (Å²) in [6, 6.07) is 6.92. The molecule has 1 heterocycles. The van der Waals surface area contributed by atoms with E-state index in [9.17, 15) is 19.8 Å². The first kappa shape index (κ1) is 17.6. The molecule has 6 nitrogen and oxygen atoms in total. The van der Waals surface area contributed by atoms with Gasteiger partial charge in [0.1, 0.15) is 0 Å². The molecule has 0 radical (unpaired) electrons. The van der Waals surface area contributed by atoms with Crippen LogP contribution in [-0.4, -0.2) is 64.2 Å². The third-order valence-corrected chi connectivity index (χ3v) is 4.90. The fourth-order valence-corrected chi connectivity index (χ4v) is 3.58. The van der Waals surface area contributed by atoms with E-state index >= 15 is 0 Å². The van der Waals surface area contributed by atoms with Gasteiger partial charge in [-0.2, -0.15) is 0 Å². The van der Waals surface area contributed by atoms with Crippen molar-refractivity contribution >= 4 is 11.9 Å². The molecule has 1 amide bonds. The first-order chi connectivity index (χ1) is 12.0. The highest BCUT2D eigenvalue weighted by atomic mass is 16.4. The van der Waals surface area contributed by atoms with Crippen molar-refractivity contribution in [1.82, 2.24) is 9.80 Å². The van der Waals surface area contributed by atoms with Crippen molar-refractivity contribution in [2.75, 3.05) is 26.2 Å². The van der Waals surface area contributed by atoms with Gasteiger partial charge >= 0.3 is 5.97 Å². The summed E-state index contributed by atoms with van der Waals surface area (Å²) in [5.41, 5.74) is 1.01. The highest BCUT2D eigenvalue weighted by molar-refractivity contribution is 5.89. The Balaban J connectivity index is 1.65. The molecule has 1 saturated heterocycles. The lowest BCUT2D eigenvalue weighted by atomic mass is 10.1. The number of β-amino-alcohol motifs (C(OH)–C–C–N with tert-alkyl or cyclic N) is 1. The molecular formula is C19H24N2O4. The molecule has 1 atom stereocenters. The Labute approximate surface area is 147 Å². The normalized spacial score (nSPS) is 22.1. The number of aromatic carboxylic acids is 1. The van der Waals surface area contributed by atoms with Crippen LogP contribution >= 0.6 is 0 Å². The van der Waals surface area contributed by atoms with Crippen molar-refractivity contribution in [3.8, 4) is 0 Å². The van der Waals surface area contributed by atoms with Crippen LogP contribution in [0.1, 0.15) is 28.8 Å². The van der Waals surface area contributed by atoms with Crippen LogP contribution in [0.25, 0.3) is 0 Å². The Kier molecular flexibility index (Phi) is 5.50. The maximum atomic E-state index is 12.6. The molecule has 0 aromatic heterocycles. The first-order valence-corrected chi connectivity index (χ1v) is 8.70. The van der Waals surface area contributed by atoms with Crippen LogP contribution in [0.5, 0.6) is 0 Å². The lowest BCUT2D eigenvalue weighted by molar-refractivity contribution is -0.136. The monoisotopic (exact) mass is 344 g/mol. The van der Waals surface area contributed by atoms with E-state index < -0.39 is 12.1 Å². The van der Waals surface area contributed by atoms with Crippen LogP contribution in [-0.2, 0) is 11.3 Å². The second-order valence-corrected chi connectivity index (χ2v) is 6.78. The predicted molar refractivity (Wildman–Crippen MR) is 93.1 cm³/mol. The number of amides is 1. The van der Waals surface area contributed by atoms with E-state index in [1.54, 1.807) is 23.1 Å². The van der Waals surface area contributed by atoms with Gasteiger partial charge in [0.25, 0.3) is 0 Å². The Bertz CT molecular complexity index is 665. The quantitative estimate of drug-likeness (QED) is 0.806. The zero-order valence-corrected chi connectivity index (χ0v) is 14.2. The minimum Gasteiger partial charge on any atom is -0.478 e. The standard InChI is InChI=1S/C19H24N2O4/c22-16-12-20(11-15-7-3-4-8-17(15)19(24)25)9-10-21(13-16)18(23)14-5-1-2-6-14/h1-4,7-8,14,16,22H,5-6,9-13H2,(H,24,25)/t16-/m1/s1.